The largest absolute Gasteiger partial charge is 0.487 e. The fraction of sp³-hybridized carbons (Fsp3) is 0.0667. The molecule has 0 fully saturated rings. The van der Waals surface area contributed by atoms with E-state index in [9.17, 15) is 4.79 Å². The fourth-order valence-corrected chi connectivity index (χ4v) is 1.97. The molecule has 0 saturated heterocycles. The zero-order valence-electron chi connectivity index (χ0n) is 10.2. The lowest BCUT2D eigenvalue weighted by Crippen LogP contribution is -1.95. The summed E-state index contributed by atoms with van der Waals surface area (Å²) in [6, 6.07) is 15.5. The lowest BCUT2D eigenvalue weighted by Gasteiger charge is -2.06. The number of fused-ring (bicyclic) bond motifs is 1. The number of hydrogen-bond donors (Lipinski definition) is 1. The highest BCUT2D eigenvalue weighted by molar-refractivity contribution is 5.97. The Morgan fingerprint density at radius 2 is 1.95 bits per heavy atom. The summed E-state index contributed by atoms with van der Waals surface area (Å²) in [5.74, 6) is 0.672. The Labute approximate surface area is 110 Å². The Balaban J connectivity index is 1.89. The number of ether oxygens (including phenoxy) is 1. The van der Waals surface area contributed by atoms with Crippen LogP contribution in [-0.2, 0) is 6.61 Å². The molecule has 94 valence electrons. The summed E-state index contributed by atoms with van der Waals surface area (Å²) in [6.45, 7) is 0.475. The number of para-hydroxylation sites is 1. The molecule has 1 aromatic heterocycles. The van der Waals surface area contributed by atoms with E-state index < -0.39 is 0 Å². The zero-order chi connectivity index (χ0) is 13.1. The van der Waals surface area contributed by atoms with Crippen LogP contribution in [0.15, 0.2) is 48.5 Å². The van der Waals surface area contributed by atoms with Crippen molar-refractivity contribution in [3.8, 4) is 5.75 Å². The fourth-order valence-electron chi connectivity index (χ4n) is 1.97. The molecule has 0 bridgehead atoms. The molecule has 3 rings (SSSR count). The van der Waals surface area contributed by atoms with Gasteiger partial charge in [-0.25, -0.2) is 0 Å². The second-order valence-electron chi connectivity index (χ2n) is 4.18. The SMILES string of the molecule is O=Cc1[nH]nc2c(OCc3ccccc3)cccc12. The summed E-state index contributed by atoms with van der Waals surface area (Å²) < 4.78 is 5.76. The second kappa shape index (κ2) is 4.94. The lowest BCUT2D eigenvalue weighted by molar-refractivity contribution is 0.112. The number of aromatic nitrogens is 2. The summed E-state index contributed by atoms with van der Waals surface area (Å²) in [5, 5.41) is 7.60. The summed E-state index contributed by atoms with van der Waals surface area (Å²) >= 11 is 0. The number of aromatic amines is 1. The minimum Gasteiger partial charge on any atom is -0.487 e. The molecule has 0 aliphatic carbocycles. The van der Waals surface area contributed by atoms with E-state index in [1.54, 1.807) is 0 Å². The molecular formula is C15H12N2O2. The molecule has 0 aliphatic rings. The van der Waals surface area contributed by atoms with E-state index in [-0.39, 0.29) is 0 Å². The van der Waals surface area contributed by atoms with Crippen LogP contribution in [0.5, 0.6) is 5.75 Å². The molecule has 0 spiro atoms. The predicted molar refractivity (Wildman–Crippen MR) is 72.3 cm³/mol. The highest BCUT2D eigenvalue weighted by Crippen LogP contribution is 2.25. The topological polar surface area (TPSA) is 55.0 Å². The Kier molecular flexibility index (Phi) is 2.98. The number of aldehydes is 1. The van der Waals surface area contributed by atoms with Crippen LogP contribution in [0.2, 0.25) is 0 Å². The molecule has 0 unspecified atom stereocenters. The van der Waals surface area contributed by atoms with Crippen LogP contribution in [-0.4, -0.2) is 16.5 Å². The first-order chi connectivity index (χ1) is 9.38. The van der Waals surface area contributed by atoms with Crippen LogP contribution < -0.4 is 4.74 Å². The maximum atomic E-state index is 10.9. The molecule has 1 N–H and O–H groups in total. The molecule has 4 nitrogen and oxygen atoms in total. The minimum absolute atomic E-state index is 0.472. The molecule has 3 aromatic rings. The maximum absolute atomic E-state index is 10.9. The van der Waals surface area contributed by atoms with Gasteiger partial charge in [-0.05, 0) is 11.6 Å². The van der Waals surface area contributed by atoms with Gasteiger partial charge in [0.1, 0.15) is 23.6 Å². The van der Waals surface area contributed by atoms with Crippen LogP contribution in [0.1, 0.15) is 16.1 Å². The van der Waals surface area contributed by atoms with Crippen molar-refractivity contribution >= 4 is 17.2 Å². The van der Waals surface area contributed by atoms with Gasteiger partial charge >= 0.3 is 0 Å². The van der Waals surface area contributed by atoms with Gasteiger partial charge in [0.05, 0.1) is 0 Å². The molecule has 19 heavy (non-hydrogen) atoms. The van der Waals surface area contributed by atoms with Crippen molar-refractivity contribution in [3.05, 3.63) is 59.8 Å². The van der Waals surface area contributed by atoms with Gasteiger partial charge in [-0.1, -0.05) is 42.5 Å². The molecule has 0 amide bonds. The average Bonchev–Trinajstić information content (AvgIpc) is 2.90. The van der Waals surface area contributed by atoms with E-state index in [1.807, 2.05) is 48.5 Å². The van der Waals surface area contributed by atoms with E-state index >= 15 is 0 Å². The highest BCUT2D eigenvalue weighted by Gasteiger charge is 2.09. The smallest absolute Gasteiger partial charge is 0.168 e. The van der Waals surface area contributed by atoms with Crippen molar-refractivity contribution in [2.45, 2.75) is 6.61 Å². The third-order valence-corrected chi connectivity index (χ3v) is 2.93. The number of carbonyl (C=O) groups is 1. The van der Waals surface area contributed by atoms with E-state index in [4.69, 9.17) is 4.74 Å². The van der Waals surface area contributed by atoms with Crippen LogP contribution in [0.4, 0.5) is 0 Å². The van der Waals surface area contributed by atoms with Gasteiger partial charge in [0.25, 0.3) is 0 Å². The molecule has 0 aliphatic heterocycles. The quantitative estimate of drug-likeness (QED) is 0.726. The summed E-state index contributed by atoms with van der Waals surface area (Å²) in [7, 11) is 0. The molecule has 0 atom stereocenters. The van der Waals surface area contributed by atoms with Gasteiger partial charge in [0.15, 0.2) is 6.29 Å². The van der Waals surface area contributed by atoms with Crippen molar-refractivity contribution in [3.63, 3.8) is 0 Å². The van der Waals surface area contributed by atoms with Crippen molar-refractivity contribution in [2.24, 2.45) is 0 Å². The molecule has 0 radical (unpaired) electrons. The van der Waals surface area contributed by atoms with E-state index in [1.165, 1.54) is 0 Å². The van der Waals surface area contributed by atoms with Crippen LogP contribution in [0, 0.1) is 0 Å². The van der Waals surface area contributed by atoms with Crippen molar-refractivity contribution < 1.29 is 9.53 Å². The van der Waals surface area contributed by atoms with Gasteiger partial charge in [0, 0.05) is 5.39 Å². The molecule has 4 heteroatoms. The predicted octanol–water partition coefficient (Wildman–Crippen LogP) is 2.95. The van der Waals surface area contributed by atoms with Gasteiger partial charge in [-0.15, -0.1) is 0 Å². The highest BCUT2D eigenvalue weighted by atomic mass is 16.5. The van der Waals surface area contributed by atoms with Crippen molar-refractivity contribution in [1.82, 2.24) is 10.2 Å². The van der Waals surface area contributed by atoms with Crippen LogP contribution in [0.25, 0.3) is 10.9 Å². The monoisotopic (exact) mass is 252 g/mol. The molecule has 0 saturated carbocycles. The summed E-state index contributed by atoms with van der Waals surface area (Å²) in [6.07, 6.45) is 0.760. The van der Waals surface area contributed by atoms with Crippen molar-refractivity contribution in [2.75, 3.05) is 0 Å². The number of H-pyrrole nitrogens is 1. The first kappa shape index (κ1) is 11.5. The first-order valence-corrected chi connectivity index (χ1v) is 5.97. The van der Waals surface area contributed by atoms with Gasteiger partial charge in [-0.3, -0.25) is 9.89 Å². The summed E-state index contributed by atoms with van der Waals surface area (Å²) in [4.78, 5) is 10.9. The Hall–Kier alpha value is -2.62. The maximum Gasteiger partial charge on any atom is 0.168 e. The molecule has 2 aromatic carbocycles. The standard InChI is InChI=1S/C15H12N2O2/c18-9-13-12-7-4-8-14(15(12)17-16-13)19-10-11-5-2-1-3-6-11/h1-9H,10H2,(H,16,17). The zero-order valence-corrected chi connectivity index (χ0v) is 10.2. The number of hydrogen-bond acceptors (Lipinski definition) is 3. The average molecular weight is 252 g/mol. The van der Waals surface area contributed by atoms with Crippen molar-refractivity contribution in [1.29, 1.82) is 0 Å². The van der Waals surface area contributed by atoms with E-state index in [0.717, 1.165) is 17.2 Å². The van der Waals surface area contributed by atoms with Gasteiger partial charge in [0.2, 0.25) is 0 Å². The lowest BCUT2D eigenvalue weighted by atomic mass is 10.2. The van der Waals surface area contributed by atoms with Gasteiger partial charge < -0.3 is 4.74 Å². The third kappa shape index (κ3) is 2.20. The number of benzene rings is 2. The van der Waals surface area contributed by atoms with Crippen LogP contribution in [0.3, 0.4) is 0 Å². The number of nitrogens with one attached hydrogen (secondary N) is 1. The normalized spacial score (nSPS) is 10.5. The minimum atomic E-state index is 0.472. The first-order valence-electron chi connectivity index (χ1n) is 5.97. The summed E-state index contributed by atoms with van der Waals surface area (Å²) in [5.41, 5.74) is 2.24. The van der Waals surface area contributed by atoms with E-state index in [0.29, 0.717) is 23.6 Å². The van der Waals surface area contributed by atoms with E-state index in [2.05, 4.69) is 10.2 Å². The Morgan fingerprint density at radius 3 is 2.74 bits per heavy atom. The number of nitrogens with zero attached hydrogens (tertiary/aromatic N) is 1. The Bertz CT molecular complexity index is 704. The Morgan fingerprint density at radius 1 is 1.11 bits per heavy atom. The van der Waals surface area contributed by atoms with Crippen LogP contribution >= 0.6 is 0 Å². The number of carbonyl (C=O) groups excluding carboxylic acids is 1. The molecule has 1 heterocycles. The second-order valence-corrected chi connectivity index (χ2v) is 4.18. The van der Waals surface area contributed by atoms with Gasteiger partial charge in [-0.2, -0.15) is 5.10 Å². The molecular weight excluding hydrogens is 240 g/mol. The third-order valence-electron chi connectivity index (χ3n) is 2.93. The number of rotatable bonds is 4.